The van der Waals surface area contributed by atoms with Crippen LogP contribution >= 0.6 is 24.0 Å². The van der Waals surface area contributed by atoms with E-state index in [1.807, 2.05) is 12.1 Å². The van der Waals surface area contributed by atoms with Crippen LogP contribution in [0.15, 0.2) is 24.3 Å². The van der Waals surface area contributed by atoms with E-state index in [0.29, 0.717) is 31.1 Å². The molecule has 5 N–H and O–H groups in total. The van der Waals surface area contributed by atoms with E-state index >= 15 is 0 Å². The molecule has 1 rings (SSSR count). The number of urea groups is 1. The Hall–Kier alpha value is -1.50. The van der Waals surface area contributed by atoms with Gasteiger partial charge in [-0.2, -0.15) is 0 Å². The summed E-state index contributed by atoms with van der Waals surface area (Å²) in [4.78, 5) is 22.8. The van der Waals surface area contributed by atoms with Crippen molar-refractivity contribution in [1.82, 2.24) is 16.0 Å². The molecule has 1 aromatic carbocycles. The van der Waals surface area contributed by atoms with Crippen LogP contribution in [0.3, 0.4) is 0 Å². The van der Waals surface area contributed by atoms with Gasteiger partial charge in [-0.3, -0.25) is 4.79 Å². The average Bonchev–Trinajstić information content (AvgIpc) is 2.45. The number of halogens is 2. The fourth-order valence-corrected chi connectivity index (χ4v) is 1.53. The van der Waals surface area contributed by atoms with Crippen molar-refractivity contribution in [2.75, 3.05) is 19.6 Å². The molecular weight excluding hydrogens is 315 g/mol. The second-order valence-corrected chi connectivity index (χ2v) is 4.59. The van der Waals surface area contributed by atoms with Gasteiger partial charge in [-0.05, 0) is 30.7 Å². The van der Waals surface area contributed by atoms with Crippen molar-refractivity contribution in [3.05, 3.63) is 34.9 Å². The molecule has 0 heterocycles. The molecule has 0 aromatic heterocycles. The fraction of sp³-hybridized carbons (Fsp3) is 0.385. The van der Waals surface area contributed by atoms with Crippen LogP contribution in [0.5, 0.6) is 0 Å². The van der Waals surface area contributed by atoms with Crippen molar-refractivity contribution in [3.8, 4) is 0 Å². The molecule has 21 heavy (non-hydrogen) atoms. The normalized spacial score (nSPS) is 9.43. The molecule has 0 aliphatic heterocycles. The first kappa shape index (κ1) is 19.5. The van der Waals surface area contributed by atoms with E-state index in [-0.39, 0.29) is 24.9 Å². The van der Waals surface area contributed by atoms with E-state index in [1.54, 1.807) is 12.1 Å². The standard InChI is InChI=1S/C13H19ClN4O2.ClH/c14-11-4-2-10(3-5-11)8-17-13(20)18-9-12(19)16-7-1-6-15;/h2-5H,1,6-9,15H2,(H,16,19)(H2,17,18,20);1H. The highest BCUT2D eigenvalue weighted by Crippen LogP contribution is 2.08. The van der Waals surface area contributed by atoms with Gasteiger partial charge in [-0.1, -0.05) is 23.7 Å². The topological polar surface area (TPSA) is 96.2 Å². The Kier molecular flexibility index (Phi) is 10.4. The third kappa shape index (κ3) is 9.12. The second kappa shape index (κ2) is 11.2. The minimum atomic E-state index is -0.395. The monoisotopic (exact) mass is 334 g/mol. The molecule has 0 atom stereocenters. The highest BCUT2D eigenvalue weighted by atomic mass is 35.5. The first-order valence-electron chi connectivity index (χ1n) is 6.34. The van der Waals surface area contributed by atoms with Crippen LogP contribution in [0.1, 0.15) is 12.0 Å². The molecular formula is C13H20Cl2N4O2. The zero-order chi connectivity index (χ0) is 14.8. The summed E-state index contributed by atoms with van der Waals surface area (Å²) in [6.45, 7) is 1.35. The lowest BCUT2D eigenvalue weighted by molar-refractivity contribution is -0.120. The zero-order valence-electron chi connectivity index (χ0n) is 11.5. The van der Waals surface area contributed by atoms with E-state index in [1.165, 1.54) is 0 Å². The molecule has 0 radical (unpaired) electrons. The summed E-state index contributed by atoms with van der Waals surface area (Å²) in [5.74, 6) is -0.236. The van der Waals surface area contributed by atoms with Crippen molar-refractivity contribution in [3.63, 3.8) is 0 Å². The van der Waals surface area contributed by atoms with Crippen molar-refractivity contribution >= 4 is 35.9 Å². The van der Waals surface area contributed by atoms with Crippen molar-refractivity contribution in [2.24, 2.45) is 5.73 Å². The third-order valence-corrected chi connectivity index (χ3v) is 2.73. The smallest absolute Gasteiger partial charge is 0.315 e. The summed E-state index contributed by atoms with van der Waals surface area (Å²) in [5, 5.41) is 8.41. The van der Waals surface area contributed by atoms with Gasteiger partial charge in [-0.15, -0.1) is 12.4 Å². The molecule has 0 fully saturated rings. The highest BCUT2D eigenvalue weighted by Gasteiger charge is 2.04. The number of benzene rings is 1. The second-order valence-electron chi connectivity index (χ2n) is 4.15. The molecule has 0 saturated carbocycles. The number of hydrogen-bond donors (Lipinski definition) is 4. The predicted octanol–water partition coefficient (Wildman–Crippen LogP) is 1.03. The summed E-state index contributed by atoms with van der Waals surface area (Å²) in [6, 6.07) is 6.75. The number of nitrogens with one attached hydrogen (secondary N) is 3. The van der Waals surface area contributed by atoms with E-state index in [2.05, 4.69) is 16.0 Å². The number of rotatable bonds is 7. The van der Waals surface area contributed by atoms with Crippen LogP contribution < -0.4 is 21.7 Å². The average molecular weight is 335 g/mol. The van der Waals surface area contributed by atoms with Gasteiger partial charge in [0.15, 0.2) is 0 Å². The Morgan fingerprint density at radius 3 is 2.38 bits per heavy atom. The Morgan fingerprint density at radius 1 is 1.10 bits per heavy atom. The maximum Gasteiger partial charge on any atom is 0.315 e. The minimum absolute atomic E-state index is 0. The lowest BCUT2D eigenvalue weighted by Crippen LogP contribution is -2.42. The van der Waals surface area contributed by atoms with Gasteiger partial charge in [0.25, 0.3) is 0 Å². The Labute approximate surface area is 135 Å². The Bertz CT molecular complexity index is 440. The number of nitrogens with two attached hydrogens (primary N) is 1. The maximum atomic E-state index is 11.5. The molecule has 0 aliphatic carbocycles. The Balaban J connectivity index is 0.00000400. The maximum absolute atomic E-state index is 11.5. The van der Waals surface area contributed by atoms with Gasteiger partial charge in [-0.25, -0.2) is 4.79 Å². The van der Waals surface area contributed by atoms with Gasteiger partial charge in [0.1, 0.15) is 0 Å². The summed E-state index contributed by atoms with van der Waals surface area (Å²) < 4.78 is 0. The predicted molar refractivity (Wildman–Crippen MR) is 85.6 cm³/mol. The van der Waals surface area contributed by atoms with Gasteiger partial charge >= 0.3 is 6.03 Å². The fourth-order valence-electron chi connectivity index (χ4n) is 1.40. The van der Waals surface area contributed by atoms with E-state index < -0.39 is 6.03 Å². The molecule has 0 saturated heterocycles. The third-order valence-electron chi connectivity index (χ3n) is 2.48. The first-order valence-corrected chi connectivity index (χ1v) is 6.72. The van der Waals surface area contributed by atoms with Gasteiger partial charge in [0.2, 0.25) is 5.91 Å². The van der Waals surface area contributed by atoms with Crippen LogP contribution in [0.25, 0.3) is 0 Å². The summed E-state index contributed by atoms with van der Waals surface area (Å²) in [7, 11) is 0. The van der Waals surface area contributed by atoms with Crippen molar-refractivity contribution in [2.45, 2.75) is 13.0 Å². The van der Waals surface area contributed by atoms with Crippen molar-refractivity contribution in [1.29, 1.82) is 0 Å². The van der Waals surface area contributed by atoms with Gasteiger partial charge < -0.3 is 21.7 Å². The number of carbonyl (C=O) groups excluding carboxylic acids is 2. The number of carbonyl (C=O) groups is 2. The molecule has 0 spiro atoms. The molecule has 0 bridgehead atoms. The van der Waals surface area contributed by atoms with Crippen LogP contribution in [0, 0.1) is 0 Å². The minimum Gasteiger partial charge on any atom is -0.355 e. The number of amides is 3. The molecule has 6 nitrogen and oxygen atoms in total. The van der Waals surface area contributed by atoms with Crippen LogP contribution in [0.2, 0.25) is 5.02 Å². The number of hydrogen-bond acceptors (Lipinski definition) is 3. The molecule has 3 amide bonds. The molecule has 0 unspecified atom stereocenters. The van der Waals surface area contributed by atoms with Crippen LogP contribution in [-0.2, 0) is 11.3 Å². The van der Waals surface area contributed by atoms with Crippen molar-refractivity contribution < 1.29 is 9.59 Å². The highest BCUT2D eigenvalue weighted by molar-refractivity contribution is 6.30. The quantitative estimate of drug-likeness (QED) is 0.560. The summed E-state index contributed by atoms with van der Waals surface area (Å²) >= 11 is 5.76. The lowest BCUT2D eigenvalue weighted by Gasteiger charge is -2.08. The van der Waals surface area contributed by atoms with Crippen LogP contribution in [-0.4, -0.2) is 31.6 Å². The zero-order valence-corrected chi connectivity index (χ0v) is 13.1. The van der Waals surface area contributed by atoms with E-state index in [0.717, 1.165) is 5.56 Å². The molecule has 1 aromatic rings. The SMILES string of the molecule is Cl.NCCCNC(=O)CNC(=O)NCc1ccc(Cl)cc1. The molecule has 8 heteroatoms. The van der Waals surface area contributed by atoms with E-state index in [4.69, 9.17) is 17.3 Å². The largest absolute Gasteiger partial charge is 0.355 e. The van der Waals surface area contributed by atoms with E-state index in [9.17, 15) is 9.59 Å². The summed E-state index contributed by atoms with van der Waals surface area (Å²) in [6.07, 6.45) is 0.717. The first-order chi connectivity index (χ1) is 9.61. The lowest BCUT2D eigenvalue weighted by atomic mass is 10.2. The summed E-state index contributed by atoms with van der Waals surface area (Å²) in [5.41, 5.74) is 6.23. The van der Waals surface area contributed by atoms with Gasteiger partial charge in [0.05, 0.1) is 6.54 Å². The molecule has 118 valence electrons. The molecule has 0 aliphatic rings. The van der Waals surface area contributed by atoms with Gasteiger partial charge in [0, 0.05) is 18.1 Å². The van der Waals surface area contributed by atoms with Crippen LogP contribution in [0.4, 0.5) is 4.79 Å². The Morgan fingerprint density at radius 2 is 1.76 bits per heavy atom.